The standard InChI is InChI=1S/C20H29N/c1-7-8-9-11-17(6)14-21-20-18(15(2)3)12-10-13-19(20)16(4)5/h8-16H,7H2,1-6H3/b9-8-,17-11+,21-14+. The van der Waals surface area contributed by atoms with E-state index in [1.165, 1.54) is 16.7 Å². The highest BCUT2D eigenvalue weighted by molar-refractivity contribution is 5.81. The minimum atomic E-state index is 0.486. The molecule has 1 rings (SSSR count). The van der Waals surface area contributed by atoms with Crippen LogP contribution in [-0.2, 0) is 0 Å². The topological polar surface area (TPSA) is 12.4 Å². The van der Waals surface area contributed by atoms with Crippen molar-refractivity contribution in [2.45, 2.75) is 59.8 Å². The number of rotatable bonds is 6. The van der Waals surface area contributed by atoms with E-state index >= 15 is 0 Å². The van der Waals surface area contributed by atoms with E-state index in [-0.39, 0.29) is 0 Å². The lowest BCUT2D eigenvalue weighted by Gasteiger charge is -2.16. The monoisotopic (exact) mass is 283 g/mol. The maximum Gasteiger partial charge on any atom is 0.0698 e. The first-order valence-corrected chi connectivity index (χ1v) is 7.97. The molecule has 0 aliphatic rings. The van der Waals surface area contributed by atoms with Crippen LogP contribution in [0.4, 0.5) is 5.69 Å². The Morgan fingerprint density at radius 1 is 1.10 bits per heavy atom. The van der Waals surface area contributed by atoms with E-state index in [4.69, 9.17) is 4.99 Å². The van der Waals surface area contributed by atoms with Crippen LogP contribution >= 0.6 is 0 Å². The Balaban J connectivity index is 3.16. The molecule has 1 aromatic carbocycles. The van der Waals surface area contributed by atoms with Crippen LogP contribution in [0.2, 0.25) is 0 Å². The van der Waals surface area contributed by atoms with Gasteiger partial charge in [-0.1, -0.05) is 71.0 Å². The molecular formula is C20H29N. The molecule has 0 aliphatic heterocycles. The highest BCUT2D eigenvalue weighted by Crippen LogP contribution is 2.34. The van der Waals surface area contributed by atoms with Gasteiger partial charge in [0.15, 0.2) is 0 Å². The minimum Gasteiger partial charge on any atom is -0.256 e. The van der Waals surface area contributed by atoms with Crippen LogP contribution in [0, 0.1) is 0 Å². The van der Waals surface area contributed by atoms with E-state index in [1.807, 2.05) is 6.21 Å². The summed E-state index contributed by atoms with van der Waals surface area (Å²) in [5.74, 6) is 0.972. The lowest BCUT2D eigenvalue weighted by molar-refractivity contribution is 0.835. The first kappa shape index (κ1) is 17.4. The van der Waals surface area contributed by atoms with Gasteiger partial charge in [0.05, 0.1) is 5.69 Å². The zero-order valence-corrected chi connectivity index (χ0v) is 14.4. The summed E-state index contributed by atoms with van der Waals surface area (Å²) >= 11 is 0. The molecule has 1 aromatic rings. The smallest absolute Gasteiger partial charge is 0.0698 e. The molecule has 1 heteroatoms. The van der Waals surface area contributed by atoms with Gasteiger partial charge in [-0.2, -0.15) is 0 Å². The van der Waals surface area contributed by atoms with Gasteiger partial charge in [-0.3, -0.25) is 4.99 Å². The maximum absolute atomic E-state index is 4.80. The average molecular weight is 283 g/mol. The van der Waals surface area contributed by atoms with Gasteiger partial charge in [-0.05, 0) is 41.9 Å². The van der Waals surface area contributed by atoms with E-state index < -0.39 is 0 Å². The van der Waals surface area contributed by atoms with Crippen LogP contribution < -0.4 is 0 Å². The number of nitrogens with zero attached hydrogens (tertiary/aromatic N) is 1. The molecule has 0 aromatic heterocycles. The van der Waals surface area contributed by atoms with Crippen LogP contribution in [0.15, 0.2) is 47.0 Å². The Morgan fingerprint density at radius 3 is 2.14 bits per heavy atom. The lowest BCUT2D eigenvalue weighted by Crippen LogP contribution is -1.95. The van der Waals surface area contributed by atoms with Crippen LogP contribution in [-0.4, -0.2) is 6.21 Å². The first-order chi connectivity index (χ1) is 9.97. The number of hydrogen-bond donors (Lipinski definition) is 0. The van der Waals surface area contributed by atoms with Gasteiger partial charge < -0.3 is 0 Å². The van der Waals surface area contributed by atoms with Crippen molar-refractivity contribution >= 4 is 11.9 Å². The molecule has 0 radical (unpaired) electrons. The summed E-state index contributed by atoms with van der Waals surface area (Å²) in [5.41, 5.74) is 4.98. The third-order valence-corrected chi connectivity index (χ3v) is 3.47. The van der Waals surface area contributed by atoms with Gasteiger partial charge in [0, 0.05) is 6.21 Å². The second kappa shape index (κ2) is 8.61. The predicted molar refractivity (Wildman–Crippen MR) is 96.0 cm³/mol. The summed E-state index contributed by atoms with van der Waals surface area (Å²) in [4.78, 5) is 4.80. The molecule has 0 aliphatic carbocycles. The van der Waals surface area contributed by atoms with Gasteiger partial charge in [0.25, 0.3) is 0 Å². The van der Waals surface area contributed by atoms with Crippen molar-refractivity contribution in [3.63, 3.8) is 0 Å². The molecule has 1 nitrogen and oxygen atoms in total. The van der Waals surface area contributed by atoms with Gasteiger partial charge in [0.2, 0.25) is 0 Å². The number of allylic oxidation sites excluding steroid dienone is 4. The number of aliphatic imine (C=N–C) groups is 1. The molecule has 21 heavy (non-hydrogen) atoms. The maximum atomic E-state index is 4.80. The summed E-state index contributed by atoms with van der Waals surface area (Å²) < 4.78 is 0. The van der Waals surface area contributed by atoms with Gasteiger partial charge in [0.1, 0.15) is 0 Å². The van der Waals surface area contributed by atoms with Crippen LogP contribution in [0.1, 0.15) is 70.9 Å². The molecule has 0 atom stereocenters. The van der Waals surface area contributed by atoms with Crippen LogP contribution in [0.5, 0.6) is 0 Å². The quantitative estimate of drug-likeness (QED) is 0.414. The van der Waals surface area contributed by atoms with Crippen molar-refractivity contribution in [1.82, 2.24) is 0 Å². The minimum absolute atomic E-state index is 0.486. The summed E-state index contributed by atoms with van der Waals surface area (Å²) in [6.07, 6.45) is 9.40. The molecule has 0 heterocycles. The van der Waals surface area contributed by atoms with Crippen molar-refractivity contribution < 1.29 is 0 Å². The second-order valence-electron chi connectivity index (χ2n) is 6.10. The van der Waals surface area contributed by atoms with Gasteiger partial charge in [-0.25, -0.2) is 0 Å². The SMILES string of the molecule is CC\C=C/C=C(C)/C=N/c1c(C(C)C)cccc1C(C)C. The third kappa shape index (κ3) is 5.34. The van der Waals surface area contributed by atoms with Crippen molar-refractivity contribution in [2.75, 3.05) is 0 Å². The Labute approximate surface area is 130 Å². The third-order valence-electron chi connectivity index (χ3n) is 3.47. The highest BCUT2D eigenvalue weighted by atomic mass is 14.7. The number of para-hydroxylation sites is 1. The fourth-order valence-corrected chi connectivity index (χ4v) is 2.23. The Morgan fingerprint density at radius 2 is 1.67 bits per heavy atom. The molecule has 114 valence electrons. The zero-order chi connectivity index (χ0) is 15.8. The normalized spacial score (nSPS) is 13.2. The van der Waals surface area contributed by atoms with Crippen LogP contribution in [0.3, 0.4) is 0 Å². The van der Waals surface area contributed by atoms with E-state index in [1.54, 1.807) is 0 Å². The van der Waals surface area contributed by atoms with Crippen molar-refractivity contribution in [3.8, 4) is 0 Å². The Hall–Kier alpha value is -1.63. The van der Waals surface area contributed by atoms with Crippen LogP contribution in [0.25, 0.3) is 0 Å². The molecule has 0 amide bonds. The second-order valence-corrected chi connectivity index (χ2v) is 6.10. The van der Waals surface area contributed by atoms with Crippen molar-refractivity contribution in [2.24, 2.45) is 4.99 Å². The summed E-state index contributed by atoms with van der Waals surface area (Å²) in [6.45, 7) is 13.1. The van der Waals surface area contributed by atoms with Crippen molar-refractivity contribution in [3.05, 3.63) is 53.1 Å². The van der Waals surface area contributed by atoms with Gasteiger partial charge in [-0.15, -0.1) is 0 Å². The number of hydrogen-bond acceptors (Lipinski definition) is 1. The largest absolute Gasteiger partial charge is 0.256 e. The molecular weight excluding hydrogens is 254 g/mol. The predicted octanol–water partition coefficient (Wildman–Crippen LogP) is 6.55. The molecule has 0 fully saturated rings. The zero-order valence-electron chi connectivity index (χ0n) is 14.4. The highest BCUT2D eigenvalue weighted by Gasteiger charge is 2.12. The van der Waals surface area contributed by atoms with E-state index in [2.05, 4.69) is 78.0 Å². The summed E-state index contributed by atoms with van der Waals surface area (Å²) in [7, 11) is 0. The van der Waals surface area contributed by atoms with Crippen molar-refractivity contribution in [1.29, 1.82) is 0 Å². The molecule has 0 N–H and O–H groups in total. The van der Waals surface area contributed by atoms with E-state index in [0.717, 1.165) is 12.1 Å². The van der Waals surface area contributed by atoms with E-state index in [0.29, 0.717) is 11.8 Å². The van der Waals surface area contributed by atoms with E-state index in [9.17, 15) is 0 Å². The summed E-state index contributed by atoms with van der Waals surface area (Å²) in [5, 5.41) is 0. The van der Waals surface area contributed by atoms with Gasteiger partial charge >= 0.3 is 0 Å². The Bertz CT molecular complexity index is 505. The summed E-state index contributed by atoms with van der Waals surface area (Å²) in [6, 6.07) is 6.54. The average Bonchev–Trinajstić information content (AvgIpc) is 2.44. The molecule has 0 bridgehead atoms. The molecule has 0 unspecified atom stereocenters. The number of benzene rings is 1. The Kier molecular flexibility index (Phi) is 7.14. The molecule has 0 spiro atoms. The fourth-order valence-electron chi connectivity index (χ4n) is 2.23. The molecule has 0 saturated heterocycles. The lowest BCUT2D eigenvalue weighted by atomic mass is 9.93. The fraction of sp³-hybridized carbons (Fsp3) is 0.450. The first-order valence-electron chi connectivity index (χ1n) is 7.97. The molecule has 0 saturated carbocycles.